The lowest BCUT2D eigenvalue weighted by molar-refractivity contribution is -0.116. The first-order valence-electron chi connectivity index (χ1n) is 9.53. The number of furan rings is 1. The van der Waals surface area contributed by atoms with Gasteiger partial charge in [-0.2, -0.15) is 0 Å². The van der Waals surface area contributed by atoms with E-state index in [9.17, 15) is 9.59 Å². The highest BCUT2D eigenvalue weighted by atomic mass is 16.5. The highest BCUT2D eigenvalue weighted by Crippen LogP contribution is 2.34. The van der Waals surface area contributed by atoms with Gasteiger partial charge in [0, 0.05) is 24.9 Å². The molecular weight excluding hydrogens is 320 g/mol. The van der Waals surface area contributed by atoms with Crippen LogP contribution in [0.25, 0.3) is 0 Å². The highest BCUT2D eigenvalue weighted by Gasteiger charge is 2.28. The molecule has 0 atom stereocenters. The van der Waals surface area contributed by atoms with E-state index >= 15 is 0 Å². The first-order valence-corrected chi connectivity index (χ1v) is 9.53. The number of aryl methyl sites for hydroxylation is 1. The third-order valence-electron chi connectivity index (χ3n) is 5.00. The summed E-state index contributed by atoms with van der Waals surface area (Å²) in [6.45, 7) is 4.95. The number of hydrogen-bond acceptors (Lipinski definition) is 5. The van der Waals surface area contributed by atoms with Crippen LogP contribution < -0.4 is 5.32 Å². The molecule has 25 heavy (non-hydrogen) atoms. The van der Waals surface area contributed by atoms with Gasteiger partial charge in [-0.15, -0.1) is 0 Å². The van der Waals surface area contributed by atoms with Crippen molar-refractivity contribution < 1.29 is 18.7 Å². The van der Waals surface area contributed by atoms with E-state index in [1.807, 2.05) is 0 Å². The molecule has 6 nitrogen and oxygen atoms in total. The SMILES string of the molecule is CCOC(=O)c1oc2c(c1NC(=O)CCN1CCCCC1)CCCC2. The molecule has 138 valence electrons. The van der Waals surface area contributed by atoms with Crippen LogP contribution in [0.1, 0.15) is 67.3 Å². The summed E-state index contributed by atoms with van der Waals surface area (Å²) in [6.07, 6.45) is 7.88. The highest BCUT2D eigenvalue weighted by molar-refractivity contribution is 6.00. The Morgan fingerprint density at radius 2 is 1.88 bits per heavy atom. The number of amides is 1. The van der Waals surface area contributed by atoms with Crippen molar-refractivity contribution in [1.29, 1.82) is 0 Å². The van der Waals surface area contributed by atoms with Gasteiger partial charge in [0.2, 0.25) is 11.7 Å². The van der Waals surface area contributed by atoms with Crippen molar-refractivity contribution in [3.8, 4) is 0 Å². The standard InChI is InChI=1S/C19H28N2O4/c1-2-24-19(23)18-17(14-8-4-5-9-15(14)25-18)20-16(22)10-13-21-11-6-3-7-12-21/h2-13H2,1H3,(H,20,22). The van der Waals surface area contributed by atoms with Crippen molar-refractivity contribution in [2.24, 2.45) is 0 Å². The number of ether oxygens (including phenoxy) is 1. The van der Waals surface area contributed by atoms with Gasteiger partial charge in [0.25, 0.3) is 0 Å². The molecule has 1 fully saturated rings. The summed E-state index contributed by atoms with van der Waals surface area (Å²) in [4.78, 5) is 27.0. The van der Waals surface area contributed by atoms with Gasteiger partial charge in [-0.25, -0.2) is 4.79 Å². The summed E-state index contributed by atoms with van der Waals surface area (Å²) in [7, 11) is 0. The molecule has 0 aromatic carbocycles. The first-order chi connectivity index (χ1) is 12.2. The van der Waals surface area contributed by atoms with Crippen LogP contribution in [0.15, 0.2) is 4.42 Å². The van der Waals surface area contributed by atoms with Crippen molar-refractivity contribution in [3.05, 3.63) is 17.1 Å². The number of hydrogen-bond donors (Lipinski definition) is 1. The van der Waals surface area contributed by atoms with Gasteiger partial charge in [0.1, 0.15) is 5.76 Å². The van der Waals surface area contributed by atoms with Crippen LogP contribution >= 0.6 is 0 Å². The molecule has 3 rings (SSSR count). The van der Waals surface area contributed by atoms with Crippen molar-refractivity contribution in [3.63, 3.8) is 0 Å². The average Bonchev–Trinajstić information content (AvgIpc) is 3.00. The third-order valence-corrected chi connectivity index (χ3v) is 5.00. The molecule has 2 heterocycles. The van der Waals surface area contributed by atoms with Crippen LogP contribution in [-0.2, 0) is 22.4 Å². The van der Waals surface area contributed by atoms with Gasteiger partial charge >= 0.3 is 5.97 Å². The fraction of sp³-hybridized carbons (Fsp3) is 0.684. The lowest BCUT2D eigenvalue weighted by atomic mass is 9.97. The smallest absolute Gasteiger partial charge is 0.376 e. The van der Waals surface area contributed by atoms with E-state index in [4.69, 9.17) is 9.15 Å². The Morgan fingerprint density at radius 1 is 1.12 bits per heavy atom. The topological polar surface area (TPSA) is 71.8 Å². The van der Waals surface area contributed by atoms with Gasteiger partial charge < -0.3 is 19.4 Å². The normalized spacial score (nSPS) is 17.8. The molecule has 1 aromatic rings. The zero-order chi connectivity index (χ0) is 17.6. The molecular formula is C19H28N2O4. The van der Waals surface area contributed by atoms with Gasteiger partial charge in [-0.3, -0.25) is 4.79 Å². The molecule has 0 radical (unpaired) electrons. The van der Waals surface area contributed by atoms with E-state index in [0.717, 1.165) is 56.6 Å². The number of esters is 1. The number of fused-ring (bicyclic) bond motifs is 1. The molecule has 6 heteroatoms. The summed E-state index contributed by atoms with van der Waals surface area (Å²) in [6, 6.07) is 0. The van der Waals surface area contributed by atoms with E-state index in [2.05, 4.69) is 10.2 Å². The predicted octanol–water partition coefficient (Wildman–Crippen LogP) is 3.15. The predicted molar refractivity (Wildman–Crippen MR) is 94.8 cm³/mol. The lowest BCUT2D eigenvalue weighted by Gasteiger charge is -2.26. The molecule has 2 aliphatic rings. The maximum absolute atomic E-state index is 12.4. The molecule has 1 aliphatic carbocycles. The summed E-state index contributed by atoms with van der Waals surface area (Å²) >= 11 is 0. The van der Waals surface area contributed by atoms with Crippen molar-refractivity contribution in [1.82, 2.24) is 4.90 Å². The Hall–Kier alpha value is -1.82. The quantitative estimate of drug-likeness (QED) is 0.800. The summed E-state index contributed by atoms with van der Waals surface area (Å²) < 4.78 is 10.8. The molecule has 1 aliphatic heterocycles. The number of nitrogens with zero attached hydrogens (tertiary/aromatic N) is 1. The minimum absolute atomic E-state index is 0.0645. The Bertz CT molecular complexity index is 617. The zero-order valence-corrected chi connectivity index (χ0v) is 15.1. The molecule has 1 aromatic heterocycles. The van der Waals surface area contributed by atoms with Crippen LogP contribution in [0.2, 0.25) is 0 Å². The van der Waals surface area contributed by atoms with Crippen LogP contribution in [0.3, 0.4) is 0 Å². The van der Waals surface area contributed by atoms with Crippen LogP contribution in [-0.4, -0.2) is 43.0 Å². The van der Waals surface area contributed by atoms with Gasteiger partial charge in [0.05, 0.1) is 12.3 Å². The number of carbonyl (C=O) groups is 2. The second-order valence-electron chi connectivity index (χ2n) is 6.84. The van der Waals surface area contributed by atoms with Crippen molar-refractivity contribution >= 4 is 17.6 Å². The first kappa shape index (κ1) is 18.0. The Kier molecular flexibility index (Phi) is 6.13. The molecule has 1 N–H and O–H groups in total. The monoisotopic (exact) mass is 348 g/mol. The number of anilines is 1. The fourth-order valence-corrected chi connectivity index (χ4v) is 3.68. The molecule has 0 unspecified atom stereocenters. The Labute approximate surface area is 148 Å². The maximum atomic E-state index is 12.4. The third kappa shape index (κ3) is 4.42. The molecule has 0 spiro atoms. The Morgan fingerprint density at radius 3 is 2.64 bits per heavy atom. The van der Waals surface area contributed by atoms with Gasteiger partial charge in [-0.1, -0.05) is 6.42 Å². The van der Waals surface area contributed by atoms with E-state index in [-0.39, 0.29) is 18.3 Å². The molecule has 1 amide bonds. The summed E-state index contributed by atoms with van der Waals surface area (Å²) in [5, 5.41) is 2.94. The minimum Gasteiger partial charge on any atom is -0.460 e. The largest absolute Gasteiger partial charge is 0.460 e. The number of likely N-dealkylation sites (tertiary alicyclic amines) is 1. The van der Waals surface area contributed by atoms with Crippen molar-refractivity contribution in [2.45, 2.75) is 58.3 Å². The van der Waals surface area contributed by atoms with Crippen LogP contribution in [0.4, 0.5) is 5.69 Å². The van der Waals surface area contributed by atoms with Crippen LogP contribution in [0.5, 0.6) is 0 Å². The van der Waals surface area contributed by atoms with E-state index < -0.39 is 5.97 Å². The molecule has 0 saturated carbocycles. The average molecular weight is 348 g/mol. The zero-order valence-electron chi connectivity index (χ0n) is 15.1. The Balaban J connectivity index is 1.68. The summed E-state index contributed by atoms with van der Waals surface area (Å²) in [5.74, 6) is 0.411. The minimum atomic E-state index is -0.497. The lowest BCUT2D eigenvalue weighted by Crippen LogP contribution is -2.32. The van der Waals surface area contributed by atoms with E-state index in [1.165, 1.54) is 19.3 Å². The number of nitrogens with one attached hydrogen (secondary N) is 1. The van der Waals surface area contributed by atoms with Crippen LogP contribution in [0, 0.1) is 0 Å². The van der Waals surface area contributed by atoms with Gasteiger partial charge in [0.15, 0.2) is 0 Å². The van der Waals surface area contributed by atoms with Gasteiger partial charge in [-0.05, 0) is 52.1 Å². The van der Waals surface area contributed by atoms with Crippen molar-refractivity contribution in [2.75, 3.05) is 31.6 Å². The number of piperidine rings is 1. The molecule has 0 bridgehead atoms. The van der Waals surface area contributed by atoms with E-state index in [0.29, 0.717) is 12.1 Å². The number of carbonyl (C=O) groups excluding carboxylic acids is 2. The van der Waals surface area contributed by atoms with E-state index in [1.54, 1.807) is 6.92 Å². The second kappa shape index (κ2) is 8.52. The maximum Gasteiger partial charge on any atom is 0.376 e. The second-order valence-corrected chi connectivity index (χ2v) is 6.84. The number of rotatable bonds is 6. The molecule has 1 saturated heterocycles. The fourth-order valence-electron chi connectivity index (χ4n) is 3.68. The summed E-state index contributed by atoms with van der Waals surface area (Å²) in [5.41, 5.74) is 1.51.